The highest BCUT2D eigenvalue weighted by atomic mass is 19.1. The molecule has 4 fully saturated rings. The molecule has 0 N–H and O–H groups in total. The summed E-state index contributed by atoms with van der Waals surface area (Å²) in [6.45, 7) is 14.8. The van der Waals surface area contributed by atoms with Crippen molar-refractivity contribution in [3.8, 4) is 0 Å². The van der Waals surface area contributed by atoms with Gasteiger partial charge in [0.25, 0.3) is 0 Å². The molecular formula is C19H30BFO7. The van der Waals surface area contributed by atoms with Gasteiger partial charge in [-0.3, -0.25) is 0 Å². The van der Waals surface area contributed by atoms with E-state index in [0.29, 0.717) is 0 Å². The monoisotopic (exact) mass is 400 g/mol. The fourth-order valence-electron chi connectivity index (χ4n) is 4.03. The van der Waals surface area contributed by atoms with Crippen molar-refractivity contribution in [3.63, 3.8) is 0 Å². The number of hydrogen-bond donors (Lipinski definition) is 0. The van der Waals surface area contributed by atoms with Crippen molar-refractivity contribution in [3.05, 3.63) is 11.3 Å². The van der Waals surface area contributed by atoms with Crippen molar-refractivity contribution in [2.24, 2.45) is 0 Å². The first-order valence-electron chi connectivity index (χ1n) is 9.76. The molecular weight excluding hydrogens is 370 g/mol. The van der Waals surface area contributed by atoms with Crippen molar-refractivity contribution in [1.82, 2.24) is 0 Å². The van der Waals surface area contributed by atoms with Crippen molar-refractivity contribution in [1.29, 1.82) is 0 Å². The maximum absolute atomic E-state index is 16.0. The molecule has 0 bridgehead atoms. The van der Waals surface area contributed by atoms with Gasteiger partial charge in [0.15, 0.2) is 11.6 Å². The van der Waals surface area contributed by atoms with Crippen LogP contribution in [-0.2, 0) is 33.0 Å². The second kappa shape index (κ2) is 6.00. The van der Waals surface area contributed by atoms with Crippen LogP contribution in [0.5, 0.6) is 0 Å². The SMILES string of the molecule is CC1(C)OC2COC3(COC(C)(C)O3)C(=C(F)B3OC(C)(C)C(C)(C)O3)C2O1. The Hall–Kier alpha value is -0.545. The molecule has 3 atom stereocenters. The first kappa shape index (κ1) is 20.7. The number of fused-ring (bicyclic) bond motifs is 1. The number of halogens is 1. The Labute approximate surface area is 165 Å². The highest BCUT2D eigenvalue weighted by Crippen LogP contribution is 2.50. The highest BCUT2D eigenvalue weighted by Gasteiger charge is 2.63. The van der Waals surface area contributed by atoms with E-state index < -0.39 is 53.6 Å². The second-order valence-electron chi connectivity index (χ2n) is 9.80. The van der Waals surface area contributed by atoms with Gasteiger partial charge in [0, 0.05) is 0 Å². The van der Waals surface area contributed by atoms with E-state index in [2.05, 4.69) is 0 Å². The van der Waals surface area contributed by atoms with E-state index in [1.807, 2.05) is 27.7 Å². The predicted octanol–water partition coefficient (Wildman–Crippen LogP) is 2.87. The minimum Gasteiger partial charge on any atom is -0.398 e. The van der Waals surface area contributed by atoms with Gasteiger partial charge in [-0.05, 0) is 55.4 Å². The third kappa shape index (κ3) is 3.16. The summed E-state index contributed by atoms with van der Waals surface area (Å²) in [4.78, 5) is 0. The summed E-state index contributed by atoms with van der Waals surface area (Å²) in [6, 6.07) is 0. The molecule has 4 aliphatic rings. The zero-order valence-electron chi connectivity index (χ0n) is 17.9. The Kier molecular flexibility index (Phi) is 4.44. The fraction of sp³-hybridized carbons (Fsp3) is 0.895. The second-order valence-corrected chi connectivity index (χ2v) is 9.80. The van der Waals surface area contributed by atoms with Gasteiger partial charge in [0.05, 0.1) is 23.4 Å². The average molecular weight is 400 g/mol. The van der Waals surface area contributed by atoms with Gasteiger partial charge in [-0.1, -0.05) is 0 Å². The fourth-order valence-corrected chi connectivity index (χ4v) is 4.03. The molecule has 0 aromatic carbocycles. The van der Waals surface area contributed by atoms with Crippen LogP contribution in [0.25, 0.3) is 0 Å². The van der Waals surface area contributed by atoms with E-state index in [1.165, 1.54) is 0 Å². The molecule has 4 saturated heterocycles. The molecule has 3 unspecified atom stereocenters. The molecule has 0 radical (unpaired) electrons. The first-order chi connectivity index (χ1) is 12.7. The van der Waals surface area contributed by atoms with Gasteiger partial charge >= 0.3 is 7.12 Å². The highest BCUT2D eigenvalue weighted by molar-refractivity contribution is 6.54. The Morgan fingerprint density at radius 2 is 1.50 bits per heavy atom. The number of hydrogen-bond acceptors (Lipinski definition) is 7. The Bertz CT molecular complexity index is 686. The molecule has 4 rings (SSSR count). The lowest BCUT2D eigenvalue weighted by atomic mass is 9.78. The molecule has 0 amide bonds. The van der Waals surface area contributed by atoms with Crippen molar-refractivity contribution < 1.29 is 37.4 Å². The van der Waals surface area contributed by atoms with Gasteiger partial charge in [-0.25, -0.2) is 4.39 Å². The lowest BCUT2D eigenvalue weighted by molar-refractivity contribution is -0.257. The quantitative estimate of drug-likeness (QED) is 0.628. The van der Waals surface area contributed by atoms with E-state index in [0.717, 1.165) is 0 Å². The van der Waals surface area contributed by atoms with Gasteiger partial charge in [-0.15, -0.1) is 0 Å². The zero-order chi connectivity index (χ0) is 20.8. The van der Waals surface area contributed by atoms with Gasteiger partial charge in [0.2, 0.25) is 5.79 Å². The molecule has 4 aliphatic heterocycles. The van der Waals surface area contributed by atoms with E-state index in [1.54, 1.807) is 27.7 Å². The summed E-state index contributed by atoms with van der Waals surface area (Å²) < 4.78 is 57.6. The number of rotatable bonds is 1. The third-order valence-electron chi connectivity index (χ3n) is 6.10. The minimum absolute atomic E-state index is 0.0370. The van der Waals surface area contributed by atoms with Crippen LogP contribution in [0, 0.1) is 0 Å². The largest absolute Gasteiger partial charge is 0.525 e. The van der Waals surface area contributed by atoms with Crippen LogP contribution in [0.4, 0.5) is 4.39 Å². The van der Waals surface area contributed by atoms with Crippen LogP contribution in [0.1, 0.15) is 55.4 Å². The summed E-state index contributed by atoms with van der Waals surface area (Å²) in [5, 5.41) is 0. The molecule has 158 valence electrons. The molecule has 1 spiro atoms. The molecule has 0 aromatic heterocycles. The molecule has 0 aromatic rings. The lowest BCUT2D eigenvalue weighted by Crippen LogP contribution is -2.54. The molecule has 28 heavy (non-hydrogen) atoms. The van der Waals surface area contributed by atoms with Gasteiger partial charge < -0.3 is 33.0 Å². The van der Waals surface area contributed by atoms with Crippen LogP contribution < -0.4 is 0 Å². The van der Waals surface area contributed by atoms with Crippen molar-refractivity contribution >= 4 is 7.12 Å². The van der Waals surface area contributed by atoms with E-state index in [4.69, 9.17) is 33.0 Å². The summed E-state index contributed by atoms with van der Waals surface area (Å²) in [5.74, 6) is -3.22. The zero-order valence-corrected chi connectivity index (χ0v) is 17.9. The summed E-state index contributed by atoms with van der Waals surface area (Å²) >= 11 is 0. The minimum atomic E-state index is -1.41. The normalized spacial score (nSPS) is 42.1. The van der Waals surface area contributed by atoms with Gasteiger partial charge in [0.1, 0.15) is 24.5 Å². The Morgan fingerprint density at radius 3 is 2.04 bits per heavy atom. The third-order valence-corrected chi connectivity index (χ3v) is 6.10. The summed E-state index contributed by atoms with van der Waals surface area (Å²) in [7, 11) is -1.20. The average Bonchev–Trinajstić information content (AvgIpc) is 3.08. The molecule has 4 heterocycles. The molecule has 9 heteroatoms. The van der Waals surface area contributed by atoms with Crippen LogP contribution in [0.15, 0.2) is 11.3 Å². The maximum atomic E-state index is 16.0. The smallest absolute Gasteiger partial charge is 0.398 e. The summed E-state index contributed by atoms with van der Waals surface area (Å²) in [5.41, 5.74) is -1.80. The van der Waals surface area contributed by atoms with Crippen LogP contribution in [0.2, 0.25) is 0 Å². The van der Waals surface area contributed by atoms with Crippen LogP contribution in [-0.4, -0.2) is 61.1 Å². The Morgan fingerprint density at radius 1 is 0.893 bits per heavy atom. The maximum Gasteiger partial charge on any atom is 0.525 e. The topological polar surface area (TPSA) is 64.6 Å². The van der Waals surface area contributed by atoms with E-state index in [-0.39, 0.29) is 18.8 Å². The Balaban J connectivity index is 1.78. The van der Waals surface area contributed by atoms with Crippen molar-refractivity contribution in [2.45, 2.75) is 96.2 Å². The predicted molar refractivity (Wildman–Crippen MR) is 97.8 cm³/mol. The van der Waals surface area contributed by atoms with Gasteiger partial charge in [-0.2, -0.15) is 0 Å². The van der Waals surface area contributed by atoms with Crippen LogP contribution >= 0.6 is 0 Å². The van der Waals surface area contributed by atoms with Crippen LogP contribution in [0.3, 0.4) is 0 Å². The molecule has 0 aliphatic carbocycles. The van der Waals surface area contributed by atoms with Crippen molar-refractivity contribution in [2.75, 3.05) is 13.2 Å². The molecule has 0 saturated carbocycles. The first-order valence-corrected chi connectivity index (χ1v) is 9.76. The number of ether oxygens (including phenoxy) is 5. The molecule has 7 nitrogen and oxygen atoms in total. The van der Waals surface area contributed by atoms with E-state index >= 15 is 4.39 Å². The van der Waals surface area contributed by atoms with E-state index in [9.17, 15) is 0 Å². The summed E-state index contributed by atoms with van der Waals surface area (Å²) in [6.07, 6.45) is -1.16. The lowest BCUT2D eigenvalue weighted by Gasteiger charge is -2.40. The standard InChI is InChI=1S/C19H30BFO7/c1-15(2)16(3,4)28-20(27-15)14(21)12-13-11(24-18(7,8)25-13)9-22-19(12)10-23-17(5,6)26-19/h11,13H,9-10H2,1-8H3.